The smallest absolute Gasteiger partial charge is 0.332 e. The Hall–Kier alpha value is -3.55. The number of nitrogens with zero attached hydrogens (tertiary/aromatic N) is 5. The minimum Gasteiger partial charge on any atom is -0.497 e. The Bertz CT molecular complexity index is 1400. The van der Waals surface area contributed by atoms with Crippen molar-refractivity contribution in [3.63, 3.8) is 0 Å². The molecule has 0 atom stereocenters. The van der Waals surface area contributed by atoms with Gasteiger partial charge in [0.05, 0.1) is 13.7 Å². The van der Waals surface area contributed by atoms with Crippen LogP contribution in [0.15, 0.2) is 46.0 Å². The molecule has 0 radical (unpaired) electrons. The van der Waals surface area contributed by atoms with Gasteiger partial charge in [0, 0.05) is 24.1 Å². The van der Waals surface area contributed by atoms with Crippen LogP contribution in [0.3, 0.4) is 0 Å². The minimum atomic E-state index is -0.406. The van der Waals surface area contributed by atoms with E-state index in [9.17, 15) is 9.59 Å². The number of aromatic nitrogens is 5. The number of imidazole rings is 2. The van der Waals surface area contributed by atoms with Gasteiger partial charge in [-0.1, -0.05) is 12.2 Å². The molecule has 0 bridgehead atoms. The topological polar surface area (TPSA) is 75.5 Å². The first-order valence-corrected chi connectivity index (χ1v) is 9.25. The zero-order chi connectivity index (χ0) is 21.0. The molecule has 4 rings (SSSR count). The van der Waals surface area contributed by atoms with E-state index in [-0.39, 0.29) is 12.1 Å². The first-order valence-electron chi connectivity index (χ1n) is 9.25. The number of fused-ring (bicyclic) bond motifs is 3. The molecule has 0 saturated heterocycles. The van der Waals surface area contributed by atoms with Crippen LogP contribution in [0, 0.1) is 13.8 Å². The highest BCUT2D eigenvalue weighted by Crippen LogP contribution is 2.25. The fraction of sp³-hybridized carbons (Fsp3) is 0.286. The van der Waals surface area contributed by atoms with Crippen LogP contribution in [0.4, 0.5) is 0 Å². The van der Waals surface area contributed by atoms with Crippen LogP contribution >= 0.6 is 0 Å². The summed E-state index contributed by atoms with van der Waals surface area (Å²) in [7, 11) is 3.25. The minimum absolute atomic E-state index is 0.173. The quantitative estimate of drug-likeness (QED) is 0.499. The van der Waals surface area contributed by atoms with Crippen molar-refractivity contribution in [2.45, 2.75) is 27.3 Å². The van der Waals surface area contributed by atoms with E-state index in [0.717, 1.165) is 28.4 Å². The van der Waals surface area contributed by atoms with Crippen molar-refractivity contribution in [2.75, 3.05) is 7.11 Å². The predicted octanol–water partition coefficient (Wildman–Crippen LogP) is 2.34. The zero-order valence-corrected chi connectivity index (χ0v) is 17.2. The van der Waals surface area contributed by atoms with Gasteiger partial charge >= 0.3 is 5.69 Å². The van der Waals surface area contributed by atoms with E-state index in [1.807, 2.05) is 47.1 Å². The van der Waals surface area contributed by atoms with Gasteiger partial charge in [0.2, 0.25) is 5.78 Å². The first-order chi connectivity index (χ1) is 13.8. The SMILES string of the molecule is C=C(C)Cn1c(=O)c2c(nc3n(-c4ccc(OC)cc4)c(C)c(C)n23)n(C)c1=O. The summed E-state index contributed by atoms with van der Waals surface area (Å²) >= 11 is 0. The molecule has 0 saturated carbocycles. The molecular weight excluding hydrogens is 370 g/mol. The number of hydrogen-bond donors (Lipinski definition) is 0. The Morgan fingerprint density at radius 1 is 1.14 bits per heavy atom. The molecule has 0 N–H and O–H groups in total. The Morgan fingerprint density at radius 3 is 2.38 bits per heavy atom. The third kappa shape index (κ3) is 2.63. The second kappa shape index (κ2) is 6.51. The summed E-state index contributed by atoms with van der Waals surface area (Å²) in [5.41, 5.74) is 3.44. The highest BCUT2D eigenvalue weighted by Gasteiger charge is 2.23. The van der Waals surface area contributed by atoms with Crippen LogP contribution in [0.5, 0.6) is 5.75 Å². The van der Waals surface area contributed by atoms with Crippen LogP contribution in [0.25, 0.3) is 22.6 Å². The number of allylic oxidation sites excluding steroid dienone is 1. The summed E-state index contributed by atoms with van der Waals surface area (Å²) in [6.45, 7) is 9.72. The lowest BCUT2D eigenvalue weighted by atomic mass is 10.3. The number of rotatable bonds is 4. The van der Waals surface area contributed by atoms with E-state index in [0.29, 0.717) is 16.9 Å². The van der Waals surface area contributed by atoms with Gasteiger partial charge in [0.25, 0.3) is 5.56 Å². The number of methoxy groups -OCH3 is 1. The molecule has 8 nitrogen and oxygen atoms in total. The van der Waals surface area contributed by atoms with E-state index in [1.165, 1.54) is 9.13 Å². The Morgan fingerprint density at radius 2 is 1.79 bits per heavy atom. The lowest BCUT2D eigenvalue weighted by molar-refractivity contribution is 0.415. The van der Waals surface area contributed by atoms with Gasteiger partial charge in [-0.15, -0.1) is 0 Å². The molecule has 0 aliphatic heterocycles. The molecule has 8 heteroatoms. The Kier molecular flexibility index (Phi) is 4.22. The van der Waals surface area contributed by atoms with Gasteiger partial charge in [-0.3, -0.25) is 22.9 Å². The average Bonchev–Trinajstić information content (AvgIpc) is 3.19. The molecule has 29 heavy (non-hydrogen) atoms. The van der Waals surface area contributed by atoms with Gasteiger partial charge < -0.3 is 4.74 Å². The highest BCUT2D eigenvalue weighted by molar-refractivity contribution is 5.77. The summed E-state index contributed by atoms with van der Waals surface area (Å²) in [4.78, 5) is 30.6. The maximum absolute atomic E-state index is 13.2. The van der Waals surface area contributed by atoms with E-state index in [2.05, 4.69) is 11.6 Å². The number of hydrogen-bond acceptors (Lipinski definition) is 4. The number of aryl methyl sites for hydroxylation is 2. The maximum Gasteiger partial charge on any atom is 0.332 e. The molecule has 1 aromatic carbocycles. The van der Waals surface area contributed by atoms with Crippen LogP contribution in [-0.2, 0) is 13.6 Å². The maximum atomic E-state index is 13.2. The predicted molar refractivity (Wildman–Crippen MR) is 112 cm³/mol. The molecule has 4 aromatic rings. The van der Waals surface area contributed by atoms with Gasteiger partial charge in [-0.25, -0.2) is 4.79 Å². The molecule has 3 aromatic heterocycles. The number of ether oxygens (including phenoxy) is 1. The lowest BCUT2D eigenvalue weighted by Gasteiger charge is -2.08. The van der Waals surface area contributed by atoms with Crippen LogP contribution in [0.2, 0.25) is 0 Å². The lowest BCUT2D eigenvalue weighted by Crippen LogP contribution is -2.39. The molecule has 0 fully saturated rings. The van der Waals surface area contributed by atoms with Gasteiger partial charge in [0.1, 0.15) is 5.75 Å². The normalized spacial score (nSPS) is 11.5. The summed E-state index contributed by atoms with van der Waals surface area (Å²) < 4.78 is 11.7. The van der Waals surface area contributed by atoms with Crippen molar-refractivity contribution in [3.8, 4) is 11.4 Å². The summed E-state index contributed by atoms with van der Waals surface area (Å²) in [5, 5.41) is 0. The van der Waals surface area contributed by atoms with Gasteiger partial charge in [-0.2, -0.15) is 4.98 Å². The zero-order valence-electron chi connectivity index (χ0n) is 17.2. The molecular formula is C21H23N5O3. The fourth-order valence-corrected chi connectivity index (χ4v) is 3.70. The number of benzene rings is 1. The summed E-state index contributed by atoms with van der Waals surface area (Å²) in [6.07, 6.45) is 0. The molecule has 0 unspecified atom stereocenters. The standard InChI is InChI=1S/C21H23N5O3/c1-12(2)11-24-19(27)17-18(23(5)21(24)28)22-20-25(13(3)14(4)26(17)20)15-7-9-16(29-6)10-8-15/h7-10H,1,11H2,2-6H3. The largest absolute Gasteiger partial charge is 0.497 e. The van der Waals surface area contributed by atoms with Crippen molar-refractivity contribution in [3.05, 3.63) is 68.6 Å². The molecule has 3 heterocycles. The van der Waals surface area contributed by atoms with E-state index in [4.69, 9.17) is 4.74 Å². The van der Waals surface area contributed by atoms with Crippen LogP contribution in [-0.4, -0.2) is 30.2 Å². The van der Waals surface area contributed by atoms with Gasteiger partial charge in [0.15, 0.2) is 11.2 Å². The van der Waals surface area contributed by atoms with Crippen molar-refractivity contribution in [2.24, 2.45) is 7.05 Å². The second-order valence-electron chi connectivity index (χ2n) is 7.31. The molecule has 0 aliphatic carbocycles. The highest BCUT2D eigenvalue weighted by atomic mass is 16.5. The second-order valence-corrected chi connectivity index (χ2v) is 7.31. The average molecular weight is 393 g/mol. The molecule has 150 valence electrons. The van der Waals surface area contributed by atoms with Crippen molar-refractivity contribution >= 4 is 16.9 Å². The Balaban J connectivity index is 2.13. The molecule has 0 amide bonds. The van der Waals surface area contributed by atoms with E-state index < -0.39 is 5.69 Å². The summed E-state index contributed by atoms with van der Waals surface area (Å²) in [6, 6.07) is 7.61. The Labute approximate surface area is 166 Å². The van der Waals surface area contributed by atoms with E-state index in [1.54, 1.807) is 21.1 Å². The fourth-order valence-electron chi connectivity index (χ4n) is 3.70. The van der Waals surface area contributed by atoms with Crippen LogP contribution in [0.1, 0.15) is 18.3 Å². The van der Waals surface area contributed by atoms with E-state index >= 15 is 0 Å². The molecule has 0 aliphatic rings. The van der Waals surface area contributed by atoms with Crippen LogP contribution < -0.4 is 16.0 Å². The monoisotopic (exact) mass is 393 g/mol. The molecule has 0 spiro atoms. The van der Waals surface area contributed by atoms with Gasteiger partial charge in [-0.05, 0) is 45.0 Å². The van der Waals surface area contributed by atoms with Crippen molar-refractivity contribution in [1.82, 2.24) is 23.1 Å². The third-order valence-electron chi connectivity index (χ3n) is 5.28. The van der Waals surface area contributed by atoms with Crippen molar-refractivity contribution < 1.29 is 4.74 Å². The third-order valence-corrected chi connectivity index (χ3v) is 5.28. The first kappa shape index (κ1) is 18.8. The summed E-state index contributed by atoms with van der Waals surface area (Å²) in [5.74, 6) is 1.34. The van der Waals surface area contributed by atoms with Crippen molar-refractivity contribution in [1.29, 1.82) is 0 Å².